The first-order valence-corrected chi connectivity index (χ1v) is 20.2. The van der Waals surface area contributed by atoms with Gasteiger partial charge in [0.1, 0.15) is 0 Å². The van der Waals surface area contributed by atoms with Crippen molar-refractivity contribution in [1.82, 2.24) is 0 Å². The fourth-order valence-electron chi connectivity index (χ4n) is 7.33. The molecule has 6 rings (SSSR count). The molecule has 0 N–H and O–H groups in total. The molecule has 2 aliphatic heterocycles. The van der Waals surface area contributed by atoms with E-state index in [1.165, 1.54) is 39.7 Å². The average molecular weight is 898 g/mol. The van der Waals surface area contributed by atoms with Gasteiger partial charge in [0.05, 0.1) is 0 Å². The predicted octanol–water partition coefficient (Wildman–Crippen LogP) is 11.9. The van der Waals surface area contributed by atoms with Crippen LogP contribution in [-0.4, -0.2) is 36.3 Å². The number of anilines is 3. The number of halogens is 6. The van der Waals surface area contributed by atoms with Crippen molar-refractivity contribution in [3.63, 3.8) is 0 Å². The van der Waals surface area contributed by atoms with E-state index in [2.05, 4.69) is 126 Å². The van der Waals surface area contributed by atoms with Crippen LogP contribution in [0.2, 0.25) is 0 Å². The van der Waals surface area contributed by atoms with Gasteiger partial charge in [0.2, 0.25) is 0 Å². The van der Waals surface area contributed by atoms with Crippen LogP contribution in [0.25, 0.3) is 0 Å². The standard InChI is InChI=1S/C27H39N2.C18H12F5NO2.ClH.Ru/c1-18(2)22-11-9-12-23(19(3)4)26(22)28-15-16-29(17-28)27-24(20(5)6)13-10-14-25(27)21(7)8;1-3-9-7-24(10-6-4-5-8(2)17(10)26-9)18(25)11-12(19)14(21)16(23)15(22)13(11)20;;/h9-14,17-21H,15-16H2,1-8H3;2,4-6,9H,3,7H2,1H3;1H;/q-1;;;+1. The molecule has 1 fully saturated rings. The molecule has 0 aromatic heterocycles. The van der Waals surface area contributed by atoms with Crippen LogP contribution < -0.4 is 19.4 Å². The fraction of sp³-hybridized carbons (Fsp3) is 0.400. The van der Waals surface area contributed by atoms with Crippen LogP contribution in [-0.2, 0) is 17.9 Å². The molecule has 0 saturated carbocycles. The molecule has 0 radical (unpaired) electrons. The normalized spacial score (nSPS) is 15.1. The maximum atomic E-state index is 14.1. The monoisotopic (exact) mass is 898 g/mol. The van der Waals surface area contributed by atoms with E-state index in [4.69, 9.17) is 4.74 Å². The zero-order chi connectivity index (χ0) is 41.2. The molecular weight excluding hydrogens is 846 g/mol. The van der Waals surface area contributed by atoms with Gasteiger partial charge in [0.25, 0.3) is 0 Å². The molecule has 1 amide bonds. The molecule has 0 aliphatic carbocycles. The maximum absolute atomic E-state index is 14.1. The largest absolute Gasteiger partial charge is 0.147 e. The van der Waals surface area contributed by atoms with Gasteiger partial charge >= 0.3 is 161 Å². The number of amides is 1. The van der Waals surface area contributed by atoms with Gasteiger partial charge in [-0.3, -0.25) is 0 Å². The average Bonchev–Trinajstić information content (AvgIpc) is 3.68. The van der Waals surface area contributed by atoms with Crippen LogP contribution in [0.3, 0.4) is 0 Å². The molecule has 1 atom stereocenters. The third-order valence-corrected chi connectivity index (χ3v) is 10.9. The Bertz CT molecular complexity index is 1940. The summed E-state index contributed by atoms with van der Waals surface area (Å²) in [6.07, 6.45) is -0.0394. The number of benzene rings is 4. The summed E-state index contributed by atoms with van der Waals surface area (Å²) in [5.74, 6) is -9.92. The summed E-state index contributed by atoms with van der Waals surface area (Å²) < 4.78 is 76.0. The van der Waals surface area contributed by atoms with E-state index in [-0.39, 0.29) is 24.6 Å². The Labute approximate surface area is 350 Å². The molecule has 57 heavy (non-hydrogen) atoms. The molecule has 0 bridgehead atoms. The third kappa shape index (κ3) is 9.25. The van der Waals surface area contributed by atoms with E-state index < -0.39 is 46.7 Å². The van der Waals surface area contributed by atoms with Gasteiger partial charge in [0, 0.05) is 24.5 Å². The second kappa shape index (κ2) is 19.3. The van der Waals surface area contributed by atoms with E-state index in [1.807, 2.05) is 0 Å². The van der Waals surface area contributed by atoms with Crippen LogP contribution in [0.15, 0.2) is 54.6 Å². The van der Waals surface area contributed by atoms with Crippen molar-refractivity contribution >= 4 is 40.0 Å². The summed E-state index contributed by atoms with van der Waals surface area (Å²) >= 11 is 2.27. The van der Waals surface area contributed by atoms with E-state index in [0.29, 0.717) is 41.4 Å². The molecule has 5 nitrogen and oxygen atoms in total. The van der Waals surface area contributed by atoms with E-state index in [9.17, 15) is 26.7 Å². The third-order valence-electron chi connectivity index (χ3n) is 10.3. The minimum Gasteiger partial charge on any atom is -0.147 e. The SMILES string of the molecule is CC(C)c1cccc(C(C)C)c1N1[CH-]N(c2c(C(C)C)cccc2C(C)C)CC1.CCC1CN(C(=O)c2c(F)c(F)c(F)c(F)c2F)c2cccc([CH]=[Ru+])c2O1.Cl. The first kappa shape index (κ1) is 45.9. The minimum absolute atomic E-state index is 0. The molecular formula is C45H52ClF5N3O2Ru. The molecule has 309 valence electrons. The van der Waals surface area contributed by atoms with Crippen molar-refractivity contribution in [3.05, 3.63) is 124 Å². The number of ether oxygens (including phenoxy) is 1. The Morgan fingerprint density at radius 1 is 0.719 bits per heavy atom. The van der Waals surface area contributed by atoms with Crippen molar-refractivity contribution in [2.45, 2.75) is 98.5 Å². The summed E-state index contributed by atoms with van der Waals surface area (Å²) in [4.78, 5) is 18.8. The molecule has 0 spiro atoms. The maximum Gasteiger partial charge on any atom is -0.147 e. The van der Waals surface area contributed by atoms with Gasteiger partial charge < -0.3 is 9.80 Å². The first-order chi connectivity index (χ1) is 26.5. The van der Waals surface area contributed by atoms with Gasteiger partial charge in [-0.2, -0.15) is 6.67 Å². The number of nitrogens with zero attached hydrogens (tertiary/aromatic N) is 3. The molecule has 1 unspecified atom stereocenters. The fourth-order valence-corrected chi connectivity index (χ4v) is 7.72. The molecule has 4 aromatic carbocycles. The first-order valence-electron chi connectivity index (χ1n) is 19.2. The van der Waals surface area contributed by atoms with Crippen molar-refractivity contribution in [2.75, 3.05) is 34.3 Å². The van der Waals surface area contributed by atoms with Crippen LogP contribution in [0.5, 0.6) is 5.75 Å². The number of hydrogen-bond donors (Lipinski definition) is 0. The zero-order valence-corrected chi connectivity index (χ0v) is 36.4. The van der Waals surface area contributed by atoms with Gasteiger partial charge in [-0.15, -0.1) is 12.4 Å². The van der Waals surface area contributed by atoms with E-state index >= 15 is 0 Å². The summed E-state index contributed by atoms with van der Waals surface area (Å²) in [6, 6.07) is 18.5. The second-order valence-electron chi connectivity index (χ2n) is 15.5. The Morgan fingerprint density at radius 3 is 1.51 bits per heavy atom. The zero-order valence-electron chi connectivity index (χ0n) is 33.9. The number of rotatable bonds is 9. The van der Waals surface area contributed by atoms with Crippen molar-refractivity contribution in [2.24, 2.45) is 0 Å². The molecule has 2 aliphatic rings. The predicted molar refractivity (Wildman–Crippen MR) is 220 cm³/mol. The second-order valence-corrected chi connectivity index (χ2v) is 16.0. The van der Waals surface area contributed by atoms with Gasteiger partial charge in [-0.25, -0.2) is 0 Å². The number of carbonyl (C=O) groups is 1. The summed E-state index contributed by atoms with van der Waals surface area (Å²) in [7, 11) is 0. The van der Waals surface area contributed by atoms with Gasteiger partial charge in [-0.1, -0.05) is 91.8 Å². The summed E-state index contributed by atoms with van der Waals surface area (Å²) in [5, 5.41) is 0. The number of fused-ring (bicyclic) bond motifs is 1. The van der Waals surface area contributed by atoms with Crippen molar-refractivity contribution < 1.29 is 49.3 Å². The summed E-state index contributed by atoms with van der Waals surface area (Å²) in [5.41, 5.74) is 7.97. The van der Waals surface area contributed by atoms with Crippen LogP contribution >= 0.6 is 12.4 Å². The van der Waals surface area contributed by atoms with Crippen LogP contribution in [0.1, 0.15) is 131 Å². The number of hydrogen-bond acceptors (Lipinski definition) is 4. The summed E-state index contributed by atoms with van der Waals surface area (Å²) in [6.45, 7) is 24.6. The van der Waals surface area contributed by atoms with Crippen LogP contribution in [0.4, 0.5) is 39.0 Å². The Balaban J connectivity index is 0.000000249. The molecule has 12 heteroatoms. The van der Waals surface area contributed by atoms with Gasteiger partial charge in [0.15, 0.2) is 0 Å². The van der Waals surface area contributed by atoms with Crippen molar-refractivity contribution in [1.29, 1.82) is 0 Å². The number of para-hydroxylation sites is 3. The Kier molecular flexibility index (Phi) is 15.5. The molecule has 2 heterocycles. The van der Waals surface area contributed by atoms with Crippen LogP contribution in [0, 0.1) is 35.8 Å². The molecule has 1 saturated heterocycles. The van der Waals surface area contributed by atoms with Crippen molar-refractivity contribution in [3.8, 4) is 5.75 Å². The molecule has 4 aromatic rings. The van der Waals surface area contributed by atoms with Gasteiger partial charge in [-0.05, 0) is 45.9 Å². The Hall–Kier alpha value is -3.82. The van der Waals surface area contributed by atoms with E-state index in [1.54, 1.807) is 23.7 Å². The minimum atomic E-state index is -2.31. The smallest absolute Gasteiger partial charge is 0.147 e. The quantitative estimate of drug-likeness (QED) is 0.0551. The van der Waals surface area contributed by atoms with E-state index in [0.717, 1.165) is 18.0 Å². The number of carbonyl (C=O) groups excluding carboxylic acids is 1. The Morgan fingerprint density at radius 2 is 1.12 bits per heavy atom. The topological polar surface area (TPSA) is 36.0 Å².